The highest BCUT2D eigenvalue weighted by Gasteiger charge is 2.27. The molecule has 0 bridgehead atoms. The van der Waals surface area contributed by atoms with Crippen LogP contribution in [-0.2, 0) is 0 Å². The third kappa shape index (κ3) is 3.32. The lowest BCUT2D eigenvalue weighted by molar-refractivity contribution is 0.102. The number of carbonyl (C=O) groups excluding carboxylic acids is 1. The molecule has 1 aliphatic carbocycles. The second kappa shape index (κ2) is 6.61. The molecule has 1 aliphatic rings. The Morgan fingerprint density at radius 1 is 1.36 bits per heavy atom. The summed E-state index contributed by atoms with van der Waals surface area (Å²) in [7, 11) is 0. The number of furan rings is 1. The molecule has 0 spiro atoms. The van der Waals surface area contributed by atoms with Gasteiger partial charge in [-0.1, -0.05) is 0 Å². The van der Waals surface area contributed by atoms with Crippen LogP contribution < -0.4 is 5.32 Å². The standard InChI is InChI=1S/C17H16N4O2S2/c1-9-13(15(22)21-17-19-11(8-25-17)10-5-6-10)16(24-2)20-14(18-9)12-4-3-7-23-12/h3-4,7-8,10H,5-6H2,1-2H3,(H,19,21,22). The van der Waals surface area contributed by atoms with Crippen molar-refractivity contribution < 1.29 is 9.21 Å². The van der Waals surface area contributed by atoms with Crippen molar-refractivity contribution in [2.45, 2.75) is 30.7 Å². The van der Waals surface area contributed by atoms with Crippen molar-refractivity contribution >= 4 is 34.1 Å². The number of hydrogen-bond donors (Lipinski definition) is 1. The Morgan fingerprint density at radius 2 is 2.20 bits per heavy atom. The van der Waals surface area contributed by atoms with Crippen LogP contribution in [0.1, 0.15) is 40.5 Å². The minimum atomic E-state index is -0.232. The SMILES string of the molecule is CSc1nc(-c2ccco2)nc(C)c1C(=O)Nc1nc(C2CC2)cs1. The van der Waals surface area contributed by atoms with Crippen molar-refractivity contribution in [2.75, 3.05) is 11.6 Å². The summed E-state index contributed by atoms with van der Waals surface area (Å²) >= 11 is 2.87. The number of aromatic nitrogens is 3. The van der Waals surface area contributed by atoms with Gasteiger partial charge in [0.1, 0.15) is 5.03 Å². The Balaban J connectivity index is 1.62. The normalized spacial score (nSPS) is 13.8. The van der Waals surface area contributed by atoms with E-state index in [1.165, 1.54) is 35.9 Å². The lowest BCUT2D eigenvalue weighted by Gasteiger charge is -2.10. The van der Waals surface area contributed by atoms with Crippen molar-refractivity contribution in [1.82, 2.24) is 15.0 Å². The number of aryl methyl sites for hydroxylation is 1. The number of nitrogens with zero attached hydrogens (tertiary/aromatic N) is 3. The van der Waals surface area contributed by atoms with Gasteiger partial charge in [0.25, 0.3) is 5.91 Å². The van der Waals surface area contributed by atoms with Gasteiger partial charge in [0.05, 0.1) is 23.2 Å². The van der Waals surface area contributed by atoms with Gasteiger partial charge in [0.2, 0.25) is 0 Å². The largest absolute Gasteiger partial charge is 0.461 e. The van der Waals surface area contributed by atoms with Crippen LogP contribution in [0.5, 0.6) is 0 Å². The Morgan fingerprint density at radius 3 is 2.88 bits per heavy atom. The molecule has 25 heavy (non-hydrogen) atoms. The van der Waals surface area contributed by atoms with Crippen molar-refractivity contribution in [3.63, 3.8) is 0 Å². The minimum Gasteiger partial charge on any atom is -0.461 e. The van der Waals surface area contributed by atoms with Gasteiger partial charge in [0, 0.05) is 11.3 Å². The topological polar surface area (TPSA) is 80.9 Å². The van der Waals surface area contributed by atoms with Crippen LogP contribution in [-0.4, -0.2) is 27.1 Å². The number of anilines is 1. The molecule has 0 aliphatic heterocycles. The van der Waals surface area contributed by atoms with E-state index in [1.807, 2.05) is 11.6 Å². The molecule has 3 aromatic heterocycles. The molecule has 128 valence electrons. The summed E-state index contributed by atoms with van der Waals surface area (Å²) in [5, 5.41) is 6.14. The zero-order valence-electron chi connectivity index (χ0n) is 13.8. The van der Waals surface area contributed by atoms with Gasteiger partial charge in [-0.15, -0.1) is 23.1 Å². The number of nitrogens with one attached hydrogen (secondary N) is 1. The number of thiazole rings is 1. The molecule has 1 fully saturated rings. The number of rotatable bonds is 5. The molecular weight excluding hydrogens is 356 g/mol. The van der Waals surface area contributed by atoms with Gasteiger partial charge in [-0.3, -0.25) is 10.1 Å². The summed E-state index contributed by atoms with van der Waals surface area (Å²) in [5.41, 5.74) is 2.17. The molecule has 1 amide bonds. The van der Waals surface area contributed by atoms with Crippen LogP contribution in [0, 0.1) is 6.92 Å². The molecular formula is C17H16N4O2S2. The highest BCUT2D eigenvalue weighted by atomic mass is 32.2. The minimum absolute atomic E-state index is 0.232. The molecule has 3 aromatic rings. The average molecular weight is 372 g/mol. The van der Waals surface area contributed by atoms with Crippen molar-refractivity contribution in [3.05, 3.63) is 40.7 Å². The van der Waals surface area contributed by atoms with E-state index in [0.717, 1.165) is 5.69 Å². The summed E-state index contributed by atoms with van der Waals surface area (Å²) in [6.07, 6.45) is 5.84. The smallest absolute Gasteiger partial charge is 0.262 e. The van der Waals surface area contributed by atoms with Crippen molar-refractivity contribution in [1.29, 1.82) is 0 Å². The summed E-state index contributed by atoms with van der Waals surface area (Å²) in [6.45, 7) is 1.81. The number of amides is 1. The Kier molecular flexibility index (Phi) is 4.30. The first-order valence-corrected chi connectivity index (χ1v) is 9.99. The highest BCUT2D eigenvalue weighted by molar-refractivity contribution is 7.98. The van der Waals surface area contributed by atoms with E-state index in [-0.39, 0.29) is 5.91 Å². The first-order chi connectivity index (χ1) is 12.2. The molecule has 1 saturated carbocycles. The number of carbonyl (C=O) groups is 1. The maximum absolute atomic E-state index is 12.7. The first kappa shape index (κ1) is 16.3. The van der Waals surface area contributed by atoms with Crippen LogP contribution in [0.2, 0.25) is 0 Å². The average Bonchev–Trinajstić information content (AvgIpc) is 3.10. The predicted molar refractivity (Wildman–Crippen MR) is 98.3 cm³/mol. The van der Waals surface area contributed by atoms with Gasteiger partial charge in [-0.2, -0.15) is 0 Å². The molecule has 0 radical (unpaired) electrons. The fraction of sp³-hybridized carbons (Fsp3) is 0.294. The second-order valence-corrected chi connectivity index (χ2v) is 7.45. The van der Waals surface area contributed by atoms with E-state index in [1.54, 1.807) is 25.3 Å². The number of hydrogen-bond acceptors (Lipinski definition) is 7. The molecule has 6 nitrogen and oxygen atoms in total. The van der Waals surface area contributed by atoms with Crippen LogP contribution in [0.3, 0.4) is 0 Å². The molecule has 1 N–H and O–H groups in total. The Hall–Kier alpha value is -2.19. The van der Waals surface area contributed by atoms with Crippen LogP contribution in [0.15, 0.2) is 33.2 Å². The molecule has 0 unspecified atom stereocenters. The van der Waals surface area contributed by atoms with Gasteiger partial charge in [-0.05, 0) is 38.2 Å². The van der Waals surface area contributed by atoms with Gasteiger partial charge in [0.15, 0.2) is 16.7 Å². The monoisotopic (exact) mass is 372 g/mol. The quantitative estimate of drug-likeness (QED) is 0.530. The second-order valence-electron chi connectivity index (χ2n) is 5.80. The van der Waals surface area contributed by atoms with Gasteiger partial charge in [-0.25, -0.2) is 15.0 Å². The van der Waals surface area contributed by atoms with E-state index < -0.39 is 0 Å². The van der Waals surface area contributed by atoms with E-state index >= 15 is 0 Å². The zero-order valence-corrected chi connectivity index (χ0v) is 15.4. The zero-order chi connectivity index (χ0) is 17.4. The van der Waals surface area contributed by atoms with E-state index in [2.05, 4.69) is 20.3 Å². The summed E-state index contributed by atoms with van der Waals surface area (Å²) < 4.78 is 5.36. The predicted octanol–water partition coefficient (Wildman–Crippen LogP) is 4.35. The maximum atomic E-state index is 12.7. The fourth-order valence-electron chi connectivity index (χ4n) is 2.54. The van der Waals surface area contributed by atoms with E-state index in [9.17, 15) is 4.79 Å². The van der Waals surface area contributed by atoms with Crippen LogP contribution >= 0.6 is 23.1 Å². The van der Waals surface area contributed by atoms with Crippen molar-refractivity contribution in [2.24, 2.45) is 0 Å². The number of thioether (sulfide) groups is 1. The van der Waals surface area contributed by atoms with Gasteiger partial charge >= 0.3 is 0 Å². The Labute approximate surface area is 153 Å². The van der Waals surface area contributed by atoms with Crippen LogP contribution in [0.4, 0.5) is 5.13 Å². The fourth-order valence-corrected chi connectivity index (χ4v) is 3.95. The molecule has 0 aromatic carbocycles. The van der Waals surface area contributed by atoms with E-state index in [0.29, 0.717) is 38.9 Å². The molecule has 0 saturated heterocycles. The van der Waals surface area contributed by atoms with Crippen molar-refractivity contribution in [3.8, 4) is 11.6 Å². The third-order valence-corrected chi connectivity index (χ3v) is 5.41. The summed E-state index contributed by atoms with van der Waals surface area (Å²) in [4.78, 5) is 26.2. The van der Waals surface area contributed by atoms with E-state index in [4.69, 9.17) is 4.42 Å². The molecule has 4 rings (SSSR count). The maximum Gasteiger partial charge on any atom is 0.262 e. The highest BCUT2D eigenvalue weighted by Crippen LogP contribution is 2.41. The molecule has 0 atom stereocenters. The lowest BCUT2D eigenvalue weighted by atomic mass is 10.2. The lowest BCUT2D eigenvalue weighted by Crippen LogP contribution is -2.16. The first-order valence-electron chi connectivity index (χ1n) is 7.89. The van der Waals surface area contributed by atoms with Crippen LogP contribution in [0.25, 0.3) is 11.6 Å². The summed E-state index contributed by atoms with van der Waals surface area (Å²) in [5.74, 6) is 1.40. The third-order valence-electron chi connectivity index (χ3n) is 3.96. The molecule has 3 heterocycles. The Bertz CT molecular complexity index is 917. The summed E-state index contributed by atoms with van der Waals surface area (Å²) in [6, 6.07) is 3.58. The molecule has 8 heteroatoms. The van der Waals surface area contributed by atoms with Gasteiger partial charge < -0.3 is 4.42 Å².